The number of aliphatic carboxylic acids is 1. The molecule has 0 aromatic heterocycles. The van der Waals surface area contributed by atoms with E-state index in [0.29, 0.717) is 0 Å². The van der Waals surface area contributed by atoms with Crippen LogP contribution in [0.1, 0.15) is 19.8 Å². The number of Topliss-reactive ketones (excluding diaryl/α,β-unsaturated/α-hetero) is 1. The molecule has 13 nitrogen and oxygen atoms in total. The van der Waals surface area contributed by atoms with E-state index in [2.05, 4.69) is 16.0 Å². The summed E-state index contributed by atoms with van der Waals surface area (Å²) in [6.45, 7) is 0.144. The van der Waals surface area contributed by atoms with Gasteiger partial charge in [0.2, 0.25) is 11.8 Å². The Labute approximate surface area is 195 Å². The van der Waals surface area contributed by atoms with E-state index in [1.165, 1.54) is 18.8 Å². The van der Waals surface area contributed by atoms with Gasteiger partial charge in [0, 0.05) is 25.1 Å². The van der Waals surface area contributed by atoms with Crippen LogP contribution in [-0.4, -0.2) is 123 Å². The molecule has 0 aromatic rings. The van der Waals surface area contributed by atoms with Gasteiger partial charge in [0.05, 0.1) is 24.7 Å². The second-order valence-corrected chi connectivity index (χ2v) is 8.45. The SMILES string of the molecule is CN[C@@H](C)C(=O)CC(CC(=O)NCC(O)C(O)C(O)C(O)CO)C(=O)N[C@@H](CSC)C(=O)O. The minimum atomic E-state index is -1.88. The van der Waals surface area contributed by atoms with E-state index in [-0.39, 0.29) is 18.0 Å². The molecule has 0 aliphatic heterocycles. The number of carbonyl (C=O) groups excluding carboxylic acids is 3. The van der Waals surface area contributed by atoms with E-state index < -0.39 is 79.8 Å². The van der Waals surface area contributed by atoms with Crippen LogP contribution < -0.4 is 16.0 Å². The Bertz CT molecular complexity index is 653. The summed E-state index contributed by atoms with van der Waals surface area (Å²) >= 11 is 1.19. The largest absolute Gasteiger partial charge is 0.480 e. The predicted molar refractivity (Wildman–Crippen MR) is 118 cm³/mol. The van der Waals surface area contributed by atoms with Crippen LogP contribution in [0.3, 0.4) is 0 Å². The van der Waals surface area contributed by atoms with E-state index in [0.717, 1.165) is 0 Å². The predicted octanol–water partition coefficient (Wildman–Crippen LogP) is -3.96. The van der Waals surface area contributed by atoms with Crippen LogP contribution >= 0.6 is 11.8 Å². The lowest BCUT2D eigenvalue weighted by atomic mass is 9.94. The molecule has 33 heavy (non-hydrogen) atoms. The van der Waals surface area contributed by atoms with E-state index in [1.807, 2.05) is 0 Å². The molecule has 0 aliphatic carbocycles. The van der Waals surface area contributed by atoms with Gasteiger partial charge in [-0.05, 0) is 20.2 Å². The van der Waals surface area contributed by atoms with E-state index >= 15 is 0 Å². The van der Waals surface area contributed by atoms with Crippen molar-refractivity contribution in [2.75, 3.05) is 32.2 Å². The number of rotatable bonds is 17. The van der Waals surface area contributed by atoms with Gasteiger partial charge in [0.25, 0.3) is 0 Å². The molecule has 0 aromatic carbocycles. The molecule has 14 heteroatoms. The van der Waals surface area contributed by atoms with Crippen molar-refractivity contribution in [1.29, 1.82) is 0 Å². The number of hydrogen-bond donors (Lipinski definition) is 9. The van der Waals surface area contributed by atoms with Gasteiger partial charge in [-0.25, -0.2) is 4.79 Å². The smallest absolute Gasteiger partial charge is 0.327 e. The number of carboxylic acid groups (broad SMARTS) is 1. The van der Waals surface area contributed by atoms with Crippen molar-refractivity contribution in [1.82, 2.24) is 16.0 Å². The van der Waals surface area contributed by atoms with Crippen molar-refractivity contribution in [2.24, 2.45) is 5.92 Å². The highest BCUT2D eigenvalue weighted by molar-refractivity contribution is 7.98. The van der Waals surface area contributed by atoms with Gasteiger partial charge >= 0.3 is 5.97 Å². The third-order valence-electron chi connectivity index (χ3n) is 4.95. The molecule has 0 spiro atoms. The molecule has 2 amide bonds. The minimum absolute atomic E-state index is 0.0763. The van der Waals surface area contributed by atoms with Crippen molar-refractivity contribution in [3.63, 3.8) is 0 Å². The Morgan fingerprint density at radius 1 is 0.970 bits per heavy atom. The van der Waals surface area contributed by atoms with Crippen LogP contribution in [0.25, 0.3) is 0 Å². The molecule has 0 fully saturated rings. The topological polar surface area (TPSA) is 226 Å². The molecule has 5 unspecified atom stereocenters. The summed E-state index contributed by atoms with van der Waals surface area (Å²) in [5, 5.41) is 63.9. The number of hydrogen-bond acceptors (Lipinski definition) is 11. The van der Waals surface area contributed by atoms with Gasteiger partial charge in [-0.2, -0.15) is 11.8 Å². The fourth-order valence-electron chi connectivity index (χ4n) is 2.67. The Morgan fingerprint density at radius 3 is 2.03 bits per heavy atom. The lowest BCUT2D eigenvalue weighted by Gasteiger charge is -2.26. The number of carboxylic acids is 1. The highest BCUT2D eigenvalue weighted by Crippen LogP contribution is 2.13. The lowest BCUT2D eigenvalue weighted by Crippen LogP contribution is -2.50. The highest BCUT2D eigenvalue weighted by atomic mass is 32.2. The molecule has 0 bridgehead atoms. The maximum absolute atomic E-state index is 12.6. The lowest BCUT2D eigenvalue weighted by molar-refractivity contribution is -0.142. The number of ketones is 1. The summed E-state index contributed by atoms with van der Waals surface area (Å²) in [5.74, 6) is -4.34. The molecule has 0 heterocycles. The Kier molecular flexibility index (Phi) is 15.1. The van der Waals surface area contributed by atoms with Crippen molar-refractivity contribution >= 4 is 35.3 Å². The summed E-state index contributed by atoms with van der Waals surface area (Å²) in [4.78, 5) is 48.6. The van der Waals surface area contributed by atoms with Gasteiger partial charge < -0.3 is 46.6 Å². The van der Waals surface area contributed by atoms with E-state index in [9.17, 15) is 44.7 Å². The van der Waals surface area contributed by atoms with Crippen LogP contribution in [0.4, 0.5) is 0 Å². The van der Waals surface area contributed by atoms with Crippen LogP contribution in [0.15, 0.2) is 0 Å². The first kappa shape index (κ1) is 31.2. The Balaban J connectivity index is 5.19. The van der Waals surface area contributed by atoms with Crippen LogP contribution in [0.2, 0.25) is 0 Å². The molecule has 192 valence electrons. The van der Waals surface area contributed by atoms with Gasteiger partial charge in [-0.15, -0.1) is 0 Å². The fourth-order valence-corrected chi connectivity index (χ4v) is 3.23. The molecule has 9 N–H and O–H groups in total. The number of thioether (sulfide) groups is 1. The minimum Gasteiger partial charge on any atom is -0.480 e. The Hall–Kier alpha value is -1.81. The zero-order chi connectivity index (χ0) is 25.7. The van der Waals surface area contributed by atoms with Gasteiger partial charge in [-0.1, -0.05) is 0 Å². The number of likely N-dealkylation sites (N-methyl/N-ethyl adjacent to an activating group) is 1. The summed E-state index contributed by atoms with van der Waals surface area (Å²) < 4.78 is 0. The summed E-state index contributed by atoms with van der Waals surface area (Å²) in [6, 6.07) is -1.83. The molecule has 0 saturated carbocycles. The Morgan fingerprint density at radius 2 is 1.55 bits per heavy atom. The molecule has 0 rings (SSSR count). The van der Waals surface area contributed by atoms with Gasteiger partial charge in [-0.3, -0.25) is 14.4 Å². The normalized spacial score (nSPS) is 17.7. The third kappa shape index (κ3) is 11.2. The van der Waals surface area contributed by atoms with E-state index in [1.54, 1.807) is 13.2 Å². The summed E-state index contributed by atoms with van der Waals surface area (Å²) in [5.41, 5.74) is 0. The van der Waals surface area contributed by atoms with Crippen molar-refractivity contribution in [3.05, 3.63) is 0 Å². The van der Waals surface area contributed by atoms with E-state index in [4.69, 9.17) is 5.11 Å². The van der Waals surface area contributed by atoms with Crippen molar-refractivity contribution in [2.45, 2.75) is 56.3 Å². The van der Waals surface area contributed by atoms with Crippen LogP contribution in [0.5, 0.6) is 0 Å². The summed E-state index contributed by atoms with van der Waals surface area (Å²) in [7, 11) is 1.54. The van der Waals surface area contributed by atoms with Gasteiger partial charge in [0.15, 0.2) is 0 Å². The number of aliphatic hydroxyl groups excluding tert-OH is 5. The zero-order valence-electron chi connectivity index (χ0n) is 18.8. The average Bonchev–Trinajstić information content (AvgIpc) is 2.79. The number of nitrogens with one attached hydrogen (secondary N) is 3. The molecular formula is C19H35N3O10S. The monoisotopic (exact) mass is 497 g/mol. The average molecular weight is 498 g/mol. The quantitative estimate of drug-likeness (QED) is 0.0938. The number of aliphatic hydroxyl groups is 5. The maximum atomic E-state index is 12.6. The first-order valence-corrected chi connectivity index (χ1v) is 11.6. The zero-order valence-corrected chi connectivity index (χ0v) is 19.6. The molecule has 0 saturated heterocycles. The second-order valence-electron chi connectivity index (χ2n) is 7.54. The second kappa shape index (κ2) is 15.9. The maximum Gasteiger partial charge on any atom is 0.327 e. The molecule has 0 radical (unpaired) electrons. The van der Waals surface area contributed by atoms with Crippen molar-refractivity contribution < 1.29 is 49.8 Å². The third-order valence-corrected chi connectivity index (χ3v) is 5.61. The number of carbonyl (C=O) groups is 4. The van der Waals surface area contributed by atoms with Crippen LogP contribution in [-0.2, 0) is 19.2 Å². The van der Waals surface area contributed by atoms with Crippen molar-refractivity contribution in [3.8, 4) is 0 Å². The first-order valence-electron chi connectivity index (χ1n) is 10.2. The molecule has 7 atom stereocenters. The highest BCUT2D eigenvalue weighted by Gasteiger charge is 2.32. The first-order chi connectivity index (χ1) is 15.4. The molecule has 0 aliphatic rings. The van der Waals surface area contributed by atoms with Crippen LogP contribution in [0, 0.1) is 5.92 Å². The summed E-state index contributed by atoms with van der Waals surface area (Å²) in [6.07, 6.45) is -6.37. The number of amides is 2. The molecular weight excluding hydrogens is 462 g/mol. The van der Waals surface area contributed by atoms with Gasteiger partial charge in [0.1, 0.15) is 30.1 Å². The standard InChI is InChI=1S/C19H35N3O10S/c1-9(20-2)12(24)4-10(18(30)22-11(8-33-3)19(31)32)5-15(27)21-6-13(25)16(28)17(29)14(26)7-23/h9-11,13-14,16-17,20,23,25-26,28-29H,4-8H2,1-3H3,(H,21,27)(H,22,30)(H,31,32)/t9-,10?,11-,13?,14?,16?,17?/m0/s1. The fraction of sp³-hybridized carbons (Fsp3) is 0.789.